The Bertz CT molecular complexity index is 879. The lowest BCUT2D eigenvalue weighted by Crippen LogP contribution is -2.12. The molecule has 1 amide bonds. The van der Waals surface area contributed by atoms with E-state index in [-0.39, 0.29) is 5.91 Å². The molecule has 0 aliphatic rings. The lowest BCUT2D eigenvalue weighted by Gasteiger charge is -2.10. The van der Waals surface area contributed by atoms with Crippen LogP contribution in [0.5, 0.6) is 5.75 Å². The van der Waals surface area contributed by atoms with Crippen molar-refractivity contribution in [2.45, 2.75) is 6.92 Å². The third kappa shape index (κ3) is 3.30. The maximum absolute atomic E-state index is 12.4. The van der Waals surface area contributed by atoms with Crippen LogP contribution in [0.1, 0.15) is 17.3 Å². The van der Waals surface area contributed by atoms with Crippen LogP contribution >= 0.6 is 27.3 Å². The van der Waals surface area contributed by atoms with E-state index in [1.54, 1.807) is 12.1 Å². The fraction of sp³-hybridized carbons (Fsp3) is 0.125. The molecule has 3 rings (SSSR count). The quantitative estimate of drug-likeness (QED) is 0.695. The summed E-state index contributed by atoms with van der Waals surface area (Å²) in [5, 5.41) is 3.36. The van der Waals surface area contributed by atoms with Gasteiger partial charge in [-0.15, -0.1) is 0 Å². The third-order valence-corrected chi connectivity index (χ3v) is 4.68. The van der Waals surface area contributed by atoms with Gasteiger partial charge in [-0.2, -0.15) is 0 Å². The molecule has 0 atom stereocenters. The highest BCUT2D eigenvalue weighted by Gasteiger charge is 2.14. The van der Waals surface area contributed by atoms with Crippen LogP contribution in [0, 0.1) is 0 Å². The summed E-state index contributed by atoms with van der Waals surface area (Å²) >= 11 is 4.74. The Morgan fingerprint density at radius 3 is 2.91 bits per heavy atom. The number of anilines is 2. The Morgan fingerprint density at radius 1 is 1.39 bits per heavy atom. The van der Waals surface area contributed by atoms with Crippen molar-refractivity contribution in [2.24, 2.45) is 0 Å². The Balaban J connectivity index is 1.96. The van der Waals surface area contributed by atoms with E-state index >= 15 is 0 Å². The molecule has 3 N–H and O–H groups in total. The van der Waals surface area contributed by atoms with Crippen molar-refractivity contribution in [3.05, 3.63) is 46.4 Å². The molecule has 2 aromatic carbocycles. The lowest BCUT2D eigenvalue weighted by atomic mass is 10.2. The number of fused-ring (bicyclic) bond motifs is 1. The number of thiazole rings is 1. The number of halogens is 1. The second-order valence-corrected chi connectivity index (χ2v) is 6.66. The Kier molecular flexibility index (Phi) is 4.49. The van der Waals surface area contributed by atoms with Crippen LogP contribution in [-0.2, 0) is 0 Å². The molecule has 7 heteroatoms. The Morgan fingerprint density at radius 2 is 2.17 bits per heavy atom. The molecular weight excluding hydrogens is 378 g/mol. The summed E-state index contributed by atoms with van der Waals surface area (Å²) in [4.78, 5) is 16.7. The smallest absolute Gasteiger partial charge is 0.256 e. The number of rotatable bonds is 4. The van der Waals surface area contributed by atoms with Crippen molar-refractivity contribution in [1.82, 2.24) is 4.98 Å². The van der Waals surface area contributed by atoms with Gasteiger partial charge in [-0.3, -0.25) is 4.79 Å². The van der Waals surface area contributed by atoms with E-state index in [9.17, 15) is 4.79 Å². The highest BCUT2D eigenvalue weighted by atomic mass is 79.9. The Hall–Kier alpha value is -2.12. The molecule has 0 unspecified atom stereocenters. The molecule has 1 aromatic heterocycles. The van der Waals surface area contributed by atoms with E-state index in [0.717, 1.165) is 9.17 Å². The fourth-order valence-electron chi connectivity index (χ4n) is 2.20. The average Bonchev–Trinajstić information content (AvgIpc) is 2.88. The van der Waals surface area contributed by atoms with Gasteiger partial charge in [0, 0.05) is 16.2 Å². The predicted octanol–water partition coefficient (Wildman–Crippen LogP) is 4.29. The van der Waals surface area contributed by atoms with Gasteiger partial charge in [-0.1, -0.05) is 23.5 Å². The minimum Gasteiger partial charge on any atom is -0.491 e. The van der Waals surface area contributed by atoms with Crippen molar-refractivity contribution in [3.63, 3.8) is 0 Å². The minimum absolute atomic E-state index is 0.197. The van der Waals surface area contributed by atoms with Crippen LogP contribution in [0.25, 0.3) is 10.2 Å². The number of carbonyl (C=O) groups is 1. The molecule has 0 aliphatic heterocycles. The maximum Gasteiger partial charge on any atom is 0.256 e. The predicted molar refractivity (Wildman–Crippen MR) is 97.3 cm³/mol. The molecule has 3 aromatic rings. The van der Waals surface area contributed by atoms with Crippen LogP contribution in [0.2, 0.25) is 0 Å². The van der Waals surface area contributed by atoms with Crippen LogP contribution in [0.4, 0.5) is 10.8 Å². The van der Waals surface area contributed by atoms with Gasteiger partial charge in [-0.05, 0) is 41.1 Å². The highest BCUT2D eigenvalue weighted by molar-refractivity contribution is 9.10. The number of nitrogens with two attached hydrogens (primary N) is 1. The van der Waals surface area contributed by atoms with Gasteiger partial charge in [0.2, 0.25) is 0 Å². The summed E-state index contributed by atoms with van der Waals surface area (Å²) in [5.41, 5.74) is 7.70. The second-order valence-electron chi connectivity index (χ2n) is 4.74. The van der Waals surface area contributed by atoms with E-state index in [4.69, 9.17) is 10.5 Å². The first-order valence-corrected chi connectivity index (χ1v) is 8.58. The molecule has 23 heavy (non-hydrogen) atoms. The van der Waals surface area contributed by atoms with Crippen LogP contribution in [0.15, 0.2) is 40.9 Å². The Labute approximate surface area is 145 Å². The summed E-state index contributed by atoms with van der Waals surface area (Å²) in [6.07, 6.45) is 0. The molecule has 0 radical (unpaired) electrons. The second kappa shape index (κ2) is 6.55. The first kappa shape index (κ1) is 15.8. The summed E-state index contributed by atoms with van der Waals surface area (Å²) in [6.45, 7) is 2.40. The minimum atomic E-state index is -0.197. The van der Waals surface area contributed by atoms with E-state index in [1.165, 1.54) is 11.3 Å². The van der Waals surface area contributed by atoms with Crippen LogP contribution in [-0.4, -0.2) is 17.5 Å². The maximum atomic E-state index is 12.4. The van der Waals surface area contributed by atoms with Crippen molar-refractivity contribution >= 4 is 54.2 Å². The zero-order valence-electron chi connectivity index (χ0n) is 12.3. The number of amides is 1. The molecule has 1 heterocycles. The number of benzene rings is 2. The summed E-state index contributed by atoms with van der Waals surface area (Å²) in [5.74, 6) is 0.414. The zero-order valence-corrected chi connectivity index (χ0v) is 14.7. The summed E-state index contributed by atoms with van der Waals surface area (Å²) in [7, 11) is 0. The van der Waals surface area contributed by atoms with Crippen LogP contribution < -0.4 is 15.8 Å². The number of nitrogen functional groups attached to an aromatic ring is 1. The van der Waals surface area contributed by atoms with Gasteiger partial charge in [0.25, 0.3) is 5.91 Å². The largest absolute Gasteiger partial charge is 0.491 e. The van der Waals surface area contributed by atoms with E-state index in [2.05, 4.69) is 26.2 Å². The number of nitrogens with one attached hydrogen (secondary N) is 1. The van der Waals surface area contributed by atoms with Gasteiger partial charge in [-0.25, -0.2) is 4.98 Å². The van der Waals surface area contributed by atoms with Gasteiger partial charge in [0.05, 0.1) is 16.9 Å². The first-order valence-electron chi connectivity index (χ1n) is 6.97. The average molecular weight is 392 g/mol. The van der Waals surface area contributed by atoms with E-state index in [0.29, 0.717) is 34.3 Å². The normalized spacial score (nSPS) is 10.7. The molecule has 118 valence electrons. The number of hydrogen-bond donors (Lipinski definition) is 2. The van der Waals surface area contributed by atoms with Crippen molar-refractivity contribution in [3.8, 4) is 5.75 Å². The van der Waals surface area contributed by atoms with E-state index in [1.807, 2.05) is 31.2 Å². The molecule has 0 fully saturated rings. The molecule has 5 nitrogen and oxygen atoms in total. The standard InChI is InChI=1S/C16H14BrN3O2S/c1-2-22-12-7-9(8-13-14(12)20-16(18)23-13)19-15(21)10-5-3-4-6-11(10)17/h3-8H,2H2,1H3,(H2,18,20)(H,19,21). The van der Waals surface area contributed by atoms with Crippen molar-refractivity contribution in [2.75, 3.05) is 17.7 Å². The number of ether oxygens (including phenoxy) is 1. The number of carbonyl (C=O) groups excluding carboxylic acids is 1. The SMILES string of the molecule is CCOc1cc(NC(=O)c2ccccc2Br)cc2sc(N)nc12. The van der Waals surface area contributed by atoms with Crippen molar-refractivity contribution in [1.29, 1.82) is 0 Å². The number of aromatic nitrogens is 1. The van der Waals surface area contributed by atoms with Crippen LogP contribution in [0.3, 0.4) is 0 Å². The first-order chi connectivity index (χ1) is 11.1. The summed E-state index contributed by atoms with van der Waals surface area (Å²) in [6, 6.07) is 10.9. The molecule has 0 spiro atoms. The monoisotopic (exact) mass is 391 g/mol. The molecular formula is C16H14BrN3O2S. The molecule has 0 saturated heterocycles. The molecule has 0 aliphatic carbocycles. The van der Waals surface area contributed by atoms with Gasteiger partial charge < -0.3 is 15.8 Å². The summed E-state index contributed by atoms with van der Waals surface area (Å²) < 4.78 is 7.22. The highest BCUT2D eigenvalue weighted by Crippen LogP contribution is 2.34. The van der Waals surface area contributed by atoms with Crippen molar-refractivity contribution < 1.29 is 9.53 Å². The third-order valence-electron chi connectivity index (χ3n) is 3.15. The zero-order chi connectivity index (χ0) is 16.4. The molecule has 0 bridgehead atoms. The van der Waals surface area contributed by atoms with Gasteiger partial charge in [0.15, 0.2) is 5.13 Å². The van der Waals surface area contributed by atoms with Gasteiger partial charge >= 0.3 is 0 Å². The molecule has 0 saturated carbocycles. The van der Waals surface area contributed by atoms with E-state index < -0.39 is 0 Å². The lowest BCUT2D eigenvalue weighted by molar-refractivity contribution is 0.102. The topological polar surface area (TPSA) is 77.2 Å². The number of nitrogens with zero attached hydrogens (tertiary/aromatic N) is 1. The van der Waals surface area contributed by atoms with Gasteiger partial charge in [0.1, 0.15) is 11.3 Å². The number of hydrogen-bond acceptors (Lipinski definition) is 5. The fourth-order valence-corrected chi connectivity index (χ4v) is 3.45.